The summed E-state index contributed by atoms with van der Waals surface area (Å²) in [6.45, 7) is 0. The molecule has 1 aromatic carbocycles. The molecule has 1 aliphatic heterocycles. The standard InChI is InChI=1S/C15H10O4/c16-9-5-1-4-8-11(9)14(18)12-7-3-2-6-10(7)19-15(12)13(8)17/h1-2,4-7,10,16H,3H2. The topological polar surface area (TPSA) is 63.6 Å². The lowest BCUT2D eigenvalue weighted by Gasteiger charge is -2.17. The van der Waals surface area contributed by atoms with Crippen molar-refractivity contribution in [3.63, 3.8) is 0 Å². The maximum Gasteiger partial charge on any atom is 0.228 e. The first kappa shape index (κ1) is 10.6. The van der Waals surface area contributed by atoms with E-state index in [0.717, 1.165) is 0 Å². The van der Waals surface area contributed by atoms with Crippen molar-refractivity contribution in [1.82, 2.24) is 0 Å². The van der Waals surface area contributed by atoms with Gasteiger partial charge < -0.3 is 9.84 Å². The molecule has 0 saturated carbocycles. The lowest BCUT2D eigenvalue weighted by Crippen LogP contribution is -2.22. The van der Waals surface area contributed by atoms with E-state index in [0.29, 0.717) is 12.0 Å². The Morgan fingerprint density at radius 2 is 2.05 bits per heavy atom. The Morgan fingerprint density at radius 1 is 1.21 bits per heavy atom. The number of ketones is 2. The average molecular weight is 254 g/mol. The molecule has 1 aromatic rings. The van der Waals surface area contributed by atoms with Crippen LogP contribution in [0.25, 0.3) is 0 Å². The SMILES string of the molecule is O=C1C2=C(C(=O)c3c(O)cccc31)C1CC=CC1O2. The Bertz CT molecular complexity index is 696. The molecule has 0 spiro atoms. The van der Waals surface area contributed by atoms with Crippen molar-refractivity contribution in [2.45, 2.75) is 12.5 Å². The van der Waals surface area contributed by atoms with Crippen molar-refractivity contribution in [3.8, 4) is 5.75 Å². The van der Waals surface area contributed by atoms with E-state index in [1.165, 1.54) is 6.07 Å². The molecule has 4 nitrogen and oxygen atoms in total. The van der Waals surface area contributed by atoms with E-state index in [2.05, 4.69) is 0 Å². The molecule has 1 N–H and O–H groups in total. The Morgan fingerprint density at radius 3 is 2.89 bits per heavy atom. The summed E-state index contributed by atoms with van der Waals surface area (Å²) in [4.78, 5) is 24.9. The molecule has 94 valence electrons. The fourth-order valence-electron chi connectivity index (χ4n) is 3.07. The van der Waals surface area contributed by atoms with Crippen LogP contribution in [0.15, 0.2) is 41.7 Å². The summed E-state index contributed by atoms with van der Waals surface area (Å²) in [5.41, 5.74) is 0.768. The van der Waals surface area contributed by atoms with Crippen LogP contribution in [0.1, 0.15) is 27.1 Å². The first-order valence-corrected chi connectivity index (χ1v) is 6.17. The van der Waals surface area contributed by atoms with Gasteiger partial charge in [-0.1, -0.05) is 12.1 Å². The number of hydrogen-bond donors (Lipinski definition) is 1. The van der Waals surface area contributed by atoms with Crippen LogP contribution in [0, 0.1) is 5.92 Å². The zero-order valence-electron chi connectivity index (χ0n) is 9.92. The number of aromatic hydroxyl groups is 1. The molecule has 1 heterocycles. The molecule has 0 fully saturated rings. The van der Waals surface area contributed by atoms with Gasteiger partial charge in [0.2, 0.25) is 5.78 Å². The number of carbonyl (C=O) groups is 2. The Kier molecular flexibility index (Phi) is 1.86. The van der Waals surface area contributed by atoms with Crippen molar-refractivity contribution < 1.29 is 19.4 Å². The molecule has 3 aliphatic rings. The number of carbonyl (C=O) groups excluding carboxylic acids is 2. The van der Waals surface area contributed by atoms with Gasteiger partial charge in [-0.15, -0.1) is 0 Å². The minimum atomic E-state index is -0.303. The predicted molar refractivity (Wildman–Crippen MR) is 65.9 cm³/mol. The van der Waals surface area contributed by atoms with E-state index in [9.17, 15) is 14.7 Å². The summed E-state index contributed by atoms with van der Waals surface area (Å²) in [5.74, 6) is -0.638. The van der Waals surface area contributed by atoms with Crippen molar-refractivity contribution in [2.75, 3.05) is 0 Å². The van der Waals surface area contributed by atoms with Crippen molar-refractivity contribution in [3.05, 3.63) is 52.8 Å². The fraction of sp³-hybridized carbons (Fsp3) is 0.200. The maximum atomic E-state index is 12.5. The molecule has 0 bridgehead atoms. The van der Waals surface area contributed by atoms with E-state index >= 15 is 0 Å². The number of rotatable bonds is 0. The molecule has 2 atom stereocenters. The van der Waals surface area contributed by atoms with E-state index in [4.69, 9.17) is 4.74 Å². The molecule has 0 saturated heterocycles. The lowest BCUT2D eigenvalue weighted by atomic mass is 9.82. The first-order valence-electron chi connectivity index (χ1n) is 6.17. The third-order valence-corrected chi connectivity index (χ3v) is 3.95. The minimum Gasteiger partial charge on any atom is -0.507 e. The Balaban J connectivity index is 1.94. The molecular weight excluding hydrogens is 244 g/mol. The van der Waals surface area contributed by atoms with Gasteiger partial charge >= 0.3 is 0 Å². The van der Waals surface area contributed by atoms with Crippen molar-refractivity contribution in [2.24, 2.45) is 5.92 Å². The maximum absolute atomic E-state index is 12.5. The number of fused-ring (bicyclic) bond motifs is 3. The van der Waals surface area contributed by atoms with Crippen LogP contribution >= 0.6 is 0 Å². The highest BCUT2D eigenvalue weighted by Crippen LogP contribution is 2.45. The Hall–Kier alpha value is -2.36. The summed E-state index contributed by atoms with van der Waals surface area (Å²) in [5, 5.41) is 9.85. The number of hydrogen-bond acceptors (Lipinski definition) is 4. The second kappa shape index (κ2) is 3.35. The number of phenolic OH excluding ortho intramolecular Hbond substituents is 1. The number of benzene rings is 1. The summed E-state index contributed by atoms with van der Waals surface area (Å²) < 4.78 is 5.61. The van der Waals surface area contributed by atoms with Crippen molar-refractivity contribution >= 4 is 11.6 Å². The predicted octanol–water partition coefficient (Wildman–Crippen LogP) is 2.00. The van der Waals surface area contributed by atoms with E-state index in [-0.39, 0.29) is 46.2 Å². The van der Waals surface area contributed by atoms with Gasteiger partial charge in [-0.3, -0.25) is 9.59 Å². The van der Waals surface area contributed by atoms with Crippen LogP contribution in [0.3, 0.4) is 0 Å². The van der Waals surface area contributed by atoms with Gasteiger partial charge in [-0.2, -0.15) is 0 Å². The molecular formula is C15H10O4. The summed E-state index contributed by atoms with van der Waals surface area (Å²) >= 11 is 0. The minimum absolute atomic E-state index is 0.0841. The zero-order valence-corrected chi connectivity index (χ0v) is 9.92. The summed E-state index contributed by atoms with van der Waals surface area (Å²) in [6.07, 6.45) is 4.32. The molecule has 2 aliphatic carbocycles. The van der Waals surface area contributed by atoms with E-state index in [1.807, 2.05) is 12.2 Å². The zero-order chi connectivity index (χ0) is 13.1. The first-order chi connectivity index (χ1) is 9.18. The van der Waals surface area contributed by atoms with Gasteiger partial charge in [0.25, 0.3) is 0 Å². The molecule has 0 amide bonds. The molecule has 4 rings (SSSR count). The van der Waals surface area contributed by atoms with Crippen LogP contribution in [0.2, 0.25) is 0 Å². The lowest BCUT2D eigenvalue weighted by molar-refractivity contribution is 0.0872. The van der Waals surface area contributed by atoms with Gasteiger partial charge in [-0.25, -0.2) is 0 Å². The highest BCUT2D eigenvalue weighted by molar-refractivity contribution is 6.27. The number of ether oxygens (including phenoxy) is 1. The molecule has 0 aromatic heterocycles. The third-order valence-electron chi connectivity index (χ3n) is 3.95. The Labute approximate surface area is 109 Å². The smallest absolute Gasteiger partial charge is 0.228 e. The molecule has 4 heteroatoms. The highest BCUT2D eigenvalue weighted by Gasteiger charge is 2.47. The van der Waals surface area contributed by atoms with Crippen LogP contribution in [0.5, 0.6) is 5.75 Å². The summed E-state index contributed by atoms with van der Waals surface area (Å²) in [7, 11) is 0. The van der Waals surface area contributed by atoms with Gasteiger partial charge in [0.1, 0.15) is 11.9 Å². The summed E-state index contributed by atoms with van der Waals surface area (Å²) in [6, 6.07) is 4.53. The fourth-order valence-corrected chi connectivity index (χ4v) is 3.07. The van der Waals surface area contributed by atoms with E-state index < -0.39 is 0 Å². The monoisotopic (exact) mass is 254 g/mol. The molecule has 0 radical (unpaired) electrons. The second-order valence-corrected chi connectivity index (χ2v) is 4.95. The third kappa shape index (κ3) is 1.18. The van der Waals surface area contributed by atoms with Gasteiger partial charge in [0, 0.05) is 11.5 Å². The molecule has 2 unspecified atom stereocenters. The van der Waals surface area contributed by atoms with Crippen molar-refractivity contribution in [1.29, 1.82) is 0 Å². The quantitative estimate of drug-likeness (QED) is 0.719. The number of allylic oxidation sites excluding steroid dienone is 2. The van der Waals surface area contributed by atoms with Crippen LogP contribution in [-0.4, -0.2) is 22.8 Å². The van der Waals surface area contributed by atoms with Crippen LogP contribution < -0.4 is 0 Å². The van der Waals surface area contributed by atoms with Gasteiger partial charge in [0.15, 0.2) is 11.5 Å². The largest absolute Gasteiger partial charge is 0.507 e. The van der Waals surface area contributed by atoms with Crippen LogP contribution in [0.4, 0.5) is 0 Å². The number of Topliss-reactive ketones (excluding diaryl/α,β-unsaturated/α-hetero) is 2. The normalized spacial score (nSPS) is 27.2. The number of phenols is 1. The average Bonchev–Trinajstić information content (AvgIpc) is 2.95. The highest BCUT2D eigenvalue weighted by atomic mass is 16.5. The van der Waals surface area contributed by atoms with Gasteiger partial charge in [-0.05, 0) is 24.6 Å². The van der Waals surface area contributed by atoms with Gasteiger partial charge in [0.05, 0.1) is 11.1 Å². The van der Waals surface area contributed by atoms with E-state index in [1.54, 1.807) is 12.1 Å². The second-order valence-electron chi connectivity index (χ2n) is 4.95. The molecule has 19 heavy (non-hydrogen) atoms. The van der Waals surface area contributed by atoms with Crippen LogP contribution in [-0.2, 0) is 4.74 Å².